The van der Waals surface area contributed by atoms with Gasteiger partial charge in [-0.2, -0.15) is 0 Å². The van der Waals surface area contributed by atoms with Crippen molar-refractivity contribution < 1.29 is 14.3 Å². The minimum Gasteiger partial charge on any atom is -0.380 e. The number of carbonyl (C=O) groups excluding carboxylic acids is 2. The van der Waals surface area contributed by atoms with Gasteiger partial charge in [0.15, 0.2) is 5.78 Å². The molecule has 3 rings (SSSR count). The Morgan fingerprint density at radius 3 is 2.57 bits per heavy atom. The molecule has 1 fully saturated rings. The van der Waals surface area contributed by atoms with Crippen molar-refractivity contribution >= 4 is 11.6 Å². The highest BCUT2D eigenvalue weighted by Crippen LogP contribution is 2.19. The van der Waals surface area contributed by atoms with E-state index in [9.17, 15) is 9.59 Å². The SMILES string of the molecule is O=C1C=C(NCCN2CCOCC2)C(=O)c2ccccc21. The smallest absolute Gasteiger partial charge is 0.209 e. The number of fused-ring (bicyclic) bond motifs is 1. The Balaban J connectivity index is 1.61. The summed E-state index contributed by atoms with van der Waals surface area (Å²) in [6, 6.07) is 6.94. The minimum absolute atomic E-state index is 0.104. The van der Waals surface area contributed by atoms with Gasteiger partial charge in [0.25, 0.3) is 0 Å². The van der Waals surface area contributed by atoms with Gasteiger partial charge in [-0.05, 0) is 0 Å². The Labute approximate surface area is 123 Å². The lowest BCUT2D eigenvalue weighted by Gasteiger charge is -2.27. The Bertz CT molecular complexity index is 589. The van der Waals surface area contributed by atoms with E-state index in [1.165, 1.54) is 6.08 Å². The molecule has 0 unspecified atom stereocenters. The van der Waals surface area contributed by atoms with Gasteiger partial charge in [0, 0.05) is 43.4 Å². The number of morpholine rings is 1. The number of nitrogens with zero attached hydrogens (tertiary/aromatic N) is 1. The second kappa shape index (κ2) is 6.20. The van der Waals surface area contributed by atoms with Gasteiger partial charge in [0.1, 0.15) is 0 Å². The van der Waals surface area contributed by atoms with Crippen molar-refractivity contribution in [3.8, 4) is 0 Å². The molecule has 1 aromatic carbocycles. The number of ketones is 2. The molecule has 5 heteroatoms. The van der Waals surface area contributed by atoms with Crippen LogP contribution in [0.3, 0.4) is 0 Å². The van der Waals surface area contributed by atoms with Crippen LogP contribution in [0, 0.1) is 0 Å². The van der Waals surface area contributed by atoms with Crippen molar-refractivity contribution in [1.29, 1.82) is 0 Å². The van der Waals surface area contributed by atoms with Gasteiger partial charge in [-0.1, -0.05) is 24.3 Å². The molecule has 5 nitrogen and oxygen atoms in total. The molecule has 1 N–H and O–H groups in total. The quantitative estimate of drug-likeness (QED) is 0.890. The van der Waals surface area contributed by atoms with E-state index in [-0.39, 0.29) is 11.6 Å². The summed E-state index contributed by atoms with van der Waals surface area (Å²) < 4.78 is 5.29. The van der Waals surface area contributed by atoms with E-state index in [1.807, 2.05) is 0 Å². The Hall–Kier alpha value is -1.98. The minimum atomic E-state index is -0.112. The first-order valence-corrected chi connectivity index (χ1v) is 7.19. The fourth-order valence-electron chi connectivity index (χ4n) is 2.62. The average molecular weight is 286 g/mol. The summed E-state index contributed by atoms with van der Waals surface area (Å²) in [5, 5.41) is 3.10. The summed E-state index contributed by atoms with van der Waals surface area (Å²) in [6.07, 6.45) is 1.41. The van der Waals surface area contributed by atoms with Crippen molar-refractivity contribution in [2.45, 2.75) is 0 Å². The molecule has 0 bridgehead atoms. The van der Waals surface area contributed by atoms with E-state index in [0.29, 0.717) is 23.4 Å². The maximum absolute atomic E-state index is 12.3. The predicted octanol–water partition coefficient (Wildman–Crippen LogP) is 0.871. The molecular formula is C16H18N2O3. The lowest BCUT2D eigenvalue weighted by atomic mass is 9.93. The van der Waals surface area contributed by atoms with Gasteiger partial charge < -0.3 is 10.1 Å². The van der Waals surface area contributed by atoms with Crippen molar-refractivity contribution in [2.75, 3.05) is 39.4 Å². The number of allylic oxidation sites excluding steroid dienone is 2. The molecule has 1 aliphatic carbocycles. The number of benzene rings is 1. The van der Waals surface area contributed by atoms with E-state index in [4.69, 9.17) is 4.74 Å². The summed E-state index contributed by atoms with van der Waals surface area (Å²) in [7, 11) is 0. The number of nitrogens with one attached hydrogen (secondary N) is 1. The fraction of sp³-hybridized carbons (Fsp3) is 0.375. The van der Waals surface area contributed by atoms with Crippen LogP contribution in [-0.4, -0.2) is 55.9 Å². The van der Waals surface area contributed by atoms with Gasteiger partial charge in [-0.25, -0.2) is 0 Å². The van der Waals surface area contributed by atoms with Crippen LogP contribution in [0.1, 0.15) is 20.7 Å². The van der Waals surface area contributed by atoms with Gasteiger partial charge in [-0.3, -0.25) is 14.5 Å². The highest BCUT2D eigenvalue weighted by Gasteiger charge is 2.24. The van der Waals surface area contributed by atoms with E-state index in [1.54, 1.807) is 24.3 Å². The normalized spacial score (nSPS) is 19.1. The second-order valence-electron chi connectivity index (χ2n) is 5.18. The van der Waals surface area contributed by atoms with Gasteiger partial charge >= 0.3 is 0 Å². The first kappa shape index (κ1) is 14.0. The van der Waals surface area contributed by atoms with Crippen LogP contribution in [0.4, 0.5) is 0 Å². The van der Waals surface area contributed by atoms with E-state index >= 15 is 0 Å². The van der Waals surface area contributed by atoms with Crippen LogP contribution in [0.15, 0.2) is 36.0 Å². The zero-order valence-electron chi connectivity index (χ0n) is 11.8. The number of hydrogen-bond acceptors (Lipinski definition) is 5. The third kappa shape index (κ3) is 3.04. The van der Waals surface area contributed by atoms with Crippen molar-refractivity contribution in [3.05, 3.63) is 47.2 Å². The van der Waals surface area contributed by atoms with Gasteiger partial charge in [0.2, 0.25) is 5.78 Å². The van der Waals surface area contributed by atoms with Crippen molar-refractivity contribution in [1.82, 2.24) is 10.2 Å². The summed E-state index contributed by atoms with van der Waals surface area (Å²) in [6.45, 7) is 4.82. The van der Waals surface area contributed by atoms with Crippen molar-refractivity contribution in [2.24, 2.45) is 0 Å². The molecule has 110 valence electrons. The fourth-order valence-corrected chi connectivity index (χ4v) is 2.62. The Kier molecular flexibility index (Phi) is 4.13. The summed E-state index contributed by atoms with van der Waals surface area (Å²) in [4.78, 5) is 26.6. The van der Waals surface area contributed by atoms with Crippen LogP contribution >= 0.6 is 0 Å². The molecule has 2 aliphatic rings. The van der Waals surface area contributed by atoms with E-state index in [2.05, 4.69) is 10.2 Å². The van der Waals surface area contributed by atoms with Crippen LogP contribution in [0.5, 0.6) is 0 Å². The lowest BCUT2D eigenvalue weighted by Crippen LogP contribution is -2.41. The van der Waals surface area contributed by atoms with Gasteiger partial charge in [-0.15, -0.1) is 0 Å². The average Bonchev–Trinajstić information content (AvgIpc) is 2.53. The van der Waals surface area contributed by atoms with E-state index in [0.717, 1.165) is 32.8 Å². The van der Waals surface area contributed by atoms with Gasteiger partial charge in [0.05, 0.1) is 18.9 Å². The molecule has 1 aliphatic heterocycles. The standard InChI is InChI=1S/C16H18N2O3/c19-15-11-14(16(20)13-4-2-1-3-12(13)15)17-5-6-18-7-9-21-10-8-18/h1-4,11,17H,5-10H2. The third-order valence-corrected chi connectivity index (χ3v) is 3.80. The predicted molar refractivity (Wildman–Crippen MR) is 78.4 cm³/mol. The number of carbonyl (C=O) groups is 2. The largest absolute Gasteiger partial charge is 0.380 e. The molecule has 0 spiro atoms. The van der Waals surface area contributed by atoms with E-state index < -0.39 is 0 Å². The summed E-state index contributed by atoms with van der Waals surface area (Å²) in [5.41, 5.74) is 1.37. The highest BCUT2D eigenvalue weighted by atomic mass is 16.5. The van der Waals surface area contributed by atoms with Crippen LogP contribution < -0.4 is 5.32 Å². The maximum Gasteiger partial charge on any atom is 0.209 e. The highest BCUT2D eigenvalue weighted by molar-refractivity contribution is 6.24. The number of rotatable bonds is 4. The molecule has 0 saturated carbocycles. The number of ether oxygens (including phenoxy) is 1. The molecule has 21 heavy (non-hydrogen) atoms. The Morgan fingerprint density at radius 1 is 1.10 bits per heavy atom. The Morgan fingerprint density at radius 2 is 1.81 bits per heavy atom. The molecule has 0 atom stereocenters. The molecule has 1 aromatic rings. The summed E-state index contributed by atoms with van der Waals surface area (Å²) >= 11 is 0. The molecule has 1 saturated heterocycles. The zero-order chi connectivity index (χ0) is 14.7. The topological polar surface area (TPSA) is 58.6 Å². The van der Waals surface area contributed by atoms with Crippen LogP contribution in [-0.2, 0) is 4.74 Å². The van der Waals surface area contributed by atoms with Crippen molar-refractivity contribution in [3.63, 3.8) is 0 Å². The number of Topliss-reactive ketones (excluding diaryl/α,β-unsaturated/α-hetero) is 1. The second-order valence-corrected chi connectivity index (χ2v) is 5.18. The molecule has 0 aromatic heterocycles. The molecule has 0 amide bonds. The third-order valence-electron chi connectivity index (χ3n) is 3.80. The number of hydrogen-bond donors (Lipinski definition) is 1. The first-order chi connectivity index (χ1) is 10.3. The maximum atomic E-state index is 12.3. The molecule has 0 radical (unpaired) electrons. The molecular weight excluding hydrogens is 268 g/mol. The zero-order valence-corrected chi connectivity index (χ0v) is 11.8. The van der Waals surface area contributed by atoms with Crippen LogP contribution in [0.25, 0.3) is 0 Å². The van der Waals surface area contributed by atoms with Crippen LogP contribution in [0.2, 0.25) is 0 Å². The molecule has 1 heterocycles. The lowest BCUT2D eigenvalue weighted by molar-refractivity contribution is 0.0386. The summed E-state index contributed by atoms with van der Waals surface area (Å²) in [5.74, 6) is -0.216. The first-order valence-electron chi connectivity index (χ1n) is 7.19. The monoisotopic (exact) mass is 286 g/mol.